The summed E-state index contributed by atoms with van der Waals surface area (Å²) >= 11 is 6.14. The Bertz CT molecular complexity index is 1870. The lowest BCUT2D eigenvalue weighted by atomic mass is 9.33. The van der Waals surface area contributed by atoms with Crippen LogP contribution in [0.2, 0.25) is 5.02 Å². The zero-order valence-electron chi connectivity index (χ0n) is 34.9. The van der Waals surface area contributed by atoms with Gasteiger partial charge in [0.05, 0.1) is 18.4 Å². The van der Waals surface area contributed by atoms with Crippen molar-refractivity contribution in [3.05, 3.63) is 46.0 Å². The fourth-order valence-electron chi connectivity index (χ4n) is 13.8. The highest BCUT2D eigenvalue weighted by atomic mass is 35.5. The molecule has 5 aliphatic carbocycles. The highest BCUT2D eigenvalue weighted by Gasteiger charge is 2.71. The molecule has 9 nitrogen and oxygen atoms in total. The van der Waals surface area contributed by atoms with E-state index >= 15 is 0 Å². The molecule has 6 aliphatic rings. The first-order valence-electron chi connectivity index (χ1n) is 21.0. The summed E-state index contributed by atoms with van der Waals surface area (Å²) in [6.45, 7) is 19.8. The molecule has 7 rings (SSSR count). The fourth-order valence-corrected chi connectivity index (χ4v) is 13.9. The topological polar surface area (TPSA) is 127 Å². The average molecular weight is 792 g/mol. The number of aliphatic carboxylic acids is 1. The molecule has 306 valence electrons. The van der Waals surface area contributed by atoms with Gasteiger partial charge in [0.25, 0.3) is 0 Å². The van der Waals surface area contributed by atoms with Crippen LogP contribution >= 0.6 is 11.6 Å². The van der Waals surface area contributed by atoms with Gasteiger partial charge >= 0.3 is 23.8 Å². The maximum absolute atomic E-state index is 14.3. The predicted molar refractivity (Wildman–Crippen MR) is 212 cm³/mol. The van der Waals surface area contributed by atoms with Gasteiger partial charge in [-0.1, -0.05) is 72.2 Å². The Morgan fingerprint density at radius 1 is 0.929 bits per heavy atom. The van der Waals surface area contributed by atoms with Crippen molar-refractivity contribution in [3.63, 3.8) is 0 Å². The number of amides is 1. The normalized spacial score (nSPS) is 38.0. The minimum Gasteiger partial charge on any atom is -0.481 e. The van der Waals surface area contributed by atoms with E-state index < -0.39 is 40.7 Å². The molecule has 5 fully saturated rings. The molecule has 0 bridgehead atoms. The largest absolute Gasteiger partial charge is 0.481 e. The summed E-state index contributed by atoms with van der Waals surface area (Å²) in [6.07, 6.45) is 6.52. The number of Topliss-reactive ketones (excluding diaryl/α,β-unsaturated/α-hetero) is 1. The van der Waals surface area contributed by atoms with Crippen LogP contribution < -0.4 is 0 Å². The number of morpholine rings is 1. The third-order valence-electron chi connectivity index (χ3n) is 16.9. The first kappa shape index (κ1) is 41.0. The number of hydrogen-bond acceptors (Lipinski definition) is 7. The molecule has 1 saturated heterocycles. The lowest BCUT2D eigenvalue weighted by Gasteiger charge is -2.72. The van der Waals surface area contributed by atoms with Crippen molar-refractivity contribution in [2.45, 2.75) is 145 Å². The molecule has 9 atom stereocenters. The van der Waals surface area contributed by atoms with Gasteiger partial charge in [0.2, 0.25) is 0 Å². The Labute approximate surface area is 337 Å². The third-order valence-corrected chi connectivity index (χ3v) is 17.1. The average Bonchev–Trinajstić information content (AvgIpc) is 3.42. The second-order valence-corrected chi connectivity index (χ2v) is 21.2. The van der Waals surface area contributed by atoms with Crippen LogP contribution in [0.25, 0.3) is 0 Å². The summed E-state index contributed by atoms with van der Waals surface area (Å²) in [4.78, 5) is 67.5. The molecule has 1 heterocycles. The maximum atomic E-state index is 14.3. The molecule has 56 heavy (non-hydrogen) atoms. The second-order valence-electron chi connectivity index (χ2n) is 20.8. The molecule has 1 unspecified atom stereocenters. The van der Waals surface area contributed by atoms with Crippen LogP contribution in [0, 0.1) is 56.2 Å². The van der Waals surface area contributed by atoms with Gasteiger partial charge in [0.15, 0.2) is 5.78 Å². The number of benzene rings is 1. The van der Waals surface area contributed by atoms with Gasteiger partial charge in [-0.05, 0) is 134 Å². The lowest BCUT2D eigenvalue weighted by molar-refractivity contribution is -0.236. The fraction of sp³-hybridized carbons (Fsp3) is 0.717. The number of ketones is 1. The number of nitrogens with zero attached hydrogens (tertiary/aromatic N) is 1. The monoisotopic (exact) mass is 791 g/mol. The molecular formula is C46H62ClNO8. The van der Waals surface area contributed by atoms with E-state index in [1.807, 2.05) is 12.1 Å². The van der Waals surface area contributed by atoms with E-state index in [1.54, 1.807) is 30.9 Å². The molecule has 1 aromatic rings. The number of carboxylic acid groups (broad SMARTS) is 1. The molecule has 1 amide bonds. The highest BCUT2D eigenvalue weighted by Crippen LogP contribution is 2.77. The molecule has 1 aliphatic heterocycles. The lowest BCUT2D eigenvalue weighted by Crippen LogP contribution is -2.66. The standard InChI is InChI=1S/C46H62ClNO8/c1-26(2)36-30(49)22-46(34-25-48(38(51)39(52)56-34)24-27-10-12-28(47)13-11-27)21-20-44(8)29(37(36)46)14-15-32-43(7)18-17-33(55-35(50)23-41(3,4)40(53)54)42(5,6)31(43)16-19-45(32,44)9/h10-13,26,29,31-34H,14-25H2,1-9H3,(H,53,54)/t29-,31+,32-,33+,34?,43+,44-,45-,46+/m1/s1. The Morgan fingerprint density at radius 3 is 2.25 bits per heavy atom. The van der Waals surface area contributed by atoms with E-state index in [-0.39, 0.29) is 64.9 Å². The van der Waals surface area contributed by atoms with Crippen molar-refractivity contribution < 1.29 is 38.6 Å². The van der Waals surface area contributed by atoms with Crippen LogP contribution in [-0.2, 0) is 40.0 Å². The van der Waals surface area contributed by atoms with Crippen molar-refractivity contribution in [3.8, 4) is 0 Å². The van der Waals surface area contributed by atoms with Crippen molar-refractivity contribution in [2.75, 3.05) is 6.54 Å². The van der Waals surface area contributed by atoms with Crippen LogP contribution in [0.5, 0.6) is 0 Å². The zero-order chi connectivity index (χ0) is 41.0. The predicted octanol–water partition coefficient (Wildman–Crippen LogP) is 8.99. The van der Waals surface area contributed by atoms with E-state index in [2.05, 4.69) is 48.5 Å². The number of halogens is 1. The van der Waals surface area contributed by atoms with E-state index in [0.717, 1.165) is 62.5 Å². The minimum atomic E-state index is -1.19. The Kier molecular flexibility index (Phi) is 10.0. The number of ether oxygens (including phenoxy) is 2. The van der Waals surface area contributed by atoms with E-state index in [0.29, 0.717) is 23.3 Å². The van der Waals surface area contributed by atoms with Gasteiger partial charge in [-0.25, -0.2) is 4.79 Å². The molecular weight excluding hydrogens is 730 g/mol. The van der Waals surface area contributed by atoms with Crippen LogP contribution in [0.3, 0.4) is 0 Å². The number of carbonyl (C=O) groups excluding carboxylic acids is 4. The van der Waals surface area contributed by atoms with Gasteiger partial charge in [-0.2, -0.15) is 0 Å². The summed E-state index contributed by atoms with van der Waals surface area (Å²) < 4.78 is 12.3. The van der Waals surface area contributed by atoms with Crippen molar-refractivity contribution in [1.82, 2.24) is 4.90 Å². The molecule has 10 heteroatoms. The summed E-state index contributed by atoms with van der Waals surface area (Å²) in [5, 5.41) is 10.2. The van der Waals surface area contributed by atoms with Gasteiger partial charge in [0.1, 0.15) is 12.2 Å². The Hall–Kier alpha value is -3.20. The number of allylic oxidation sites excluding steroid dienone is 1. The number of hydrogen-bond donors (Lipinski definition) is 1. The summed E-state index contributed by atoms with van der Waals surface area (Å²) in [7, 11) is 0. The van der Waals surface area contributed by atoms with Crippen molar-refractivity contribution in [2.24, 2.45) is 56.2 Å². The summed E-state index contributed by atoms with van der Waals surface area (Å²) in [5.41, 5.74) is 0.723. The minimum absolute atomic E-state index is 0.00441. The van der Waals surface area contributed by atoms with E-state index in [4.69, 9.17) is 21.1 Å². The number of cyclic esters (lactones) is 1. The van der Waals surface area contributed by atoms with Gasteiger partial charge in [-0.3, -0.25) is 19.2 Å². The zero-order valence-corrected chi connectivity index (χ0v) is 35.6. The third kappa shape index (κ3) is 6.09. The second kappa shape index (κ2) is 13.7. The number of carboxylic acids is 1. The quantitative estimate of drug-likeness (QED) is 0.204. The van der Waals surface area contributed by atoms with Crippen LogP contribution in [0.1, 0.15) is 132 Å². The smallest absolute Gasteiger partial charge is 0.397 e. The molecule has 1 N–H and O–H groups in total. The van der Waals surface area contributed by atoms with E-state index in [9.17, 15) is 29.1 Å². The molecule has 1 aromatic carbocycles. The van der Waals surface area contributed by atoms with Crippen LogP contribution in [0.4, 0.5) is 0 Å². The van der Waals surface area contributed by atoms with Gasteiger partial charge in [-0.15, -0.1) is 0 Å². The maximum Gasteiger partial charge on any atom is 0.397 e. The van der Waals surface area contributed by atoms with Gasteiger partial charge in [0, 0.05) is 28.8 Å². The molecule has 0 aromatic heterocycles. The summed E-state index contributed by atoms with van der Waals surface area (Å²) in [5.74, 6) is -1.90. The van der Waals surface area contributed by atoms with Gasteiger partial charge < -0.3 is 19.5 Å². The first-order chi connectivity index (χ1) is 26.0. The van der Waals surface area contributed by atoms with Crippen LogP contribution in [-0.4, -0.2) is 58.4 Å². The number of rotatable bonds is 8. The highest BCUT2D eigenvalue weighted by molar-refractivity contribution is 6.33. The SMILES string of the molecule is CC(C)C1=C2[C@H]3CC[C@@H]4[C@@]5(C)CC[C@H](OC(=O)CC(C)(C)C(=O)O)C(C)(C)[C@@H]5CC[C@@]4(C)[C@]3(C)CC[C@@]2(C2CN(Cc3ccc(Cl)cc3)C(=O)C(=O)O2)CC1=O. The Balaban J connectivity index is 1.19. The summed E-state index contributed by atoms with van der Waals surface area (Å²) in [6, 6.07) is 7.30. The number of esters is 2. The molecule has 0 spiro atoms. The number of carbonyl (C=O) groups is 5. The number of fused-ring (bicyclic) bond motifs is 7. The Morgan fingerprint density at radius 2 is 1.61 bits per heavy atom. The van der Waals surface area contributed by atoms with Crippen molar-refractivity contribution >= 4 is 41.2 Å². The molecule has 0 radical (unpaired) electrons. The van der Waals surface area contributed by atoms with Crippen LogP contribution in [0.15, 0.2) is 35.4 Å². The van der Waals surface area contributed by atoms with Crippen molar-refractivity contribution in [1.29, 1.82) is 0 Å². The first-order valence-corrected chi connectivity index (χ1v) is 21.3. The van der Waals surface area contributed by atoms with E-state index in [1.165, 1.54) is 5.57 Å². The molecule has 4 saturated carbocycles.